The second kappa shape index (κ2) is 13.2. The van der Waals surface area contributed by atoms with E-state index in [9.17, 15) is 18.0 Å². The van der Waals surface area contributed by atoms with Crippen LogP contribution in [0.15, 0.2) is 47.4 Å². The topological polar surface area (TPSA) is 111 Å². The lowest BCUT2D eigenvalue weighted by Crippen LogP contribution is -2.43. The van der Waals surface area contributed by atoms with Gasteiger partial charge in [-0.3, -0.25) is 9.48 Å². The van der Waals surface area contributed by atoms with E-state index in [1.165, 1.54) is 12.1 Å². The summed E-state index contributed by atoms with van der Waals surface area (Å²) in [5.41, 5.74) is 5.52. The number of aromatic nitrogens is 5. The van der Waals surface area contributed by atoms with Gasteiger partial charge in [-0.05, 0) is 52.6 Å². The second-order valence-electron chi connectivity index (χ2n) is 13.3. The molecular weight excluding hydrogens is 642 g/mol. The molecule has 1 aliphatic carbocycles. The normalized spacial score (nSPS) is 14.3. The molecule has 1 saturated carbocycles. The van der Waals surface area contributed by atoms with Crippen LogP contribution in [-0.2, 0) is 23.7 Å². The van der Waals surface area contributed by atoms with Crippen molar-refractivity contribution in [2.24, 2.45) is 7.05 Å². The van der Waals surface area contributed by atoms with E-state index < -0.39 is 31.4 Å². The van der Waals surface area contributed by atoms with Gasteiger partial charge >= 0.3 is 6.18 Å². The molecule has 9 nitrogen and oxygen atoms in total. The maximum absolute atomic E-state index is 15.0. The zero-order valence-electron chi connectivity index (χ0n) is 28.0. The Kier molecular flexibility index (Phi) is 9.56. The molecule has 3 aromatic heterocycles. The predicted octanol–water partition coefficient (Wildman–Crippen LogP) is 8.09. The molecule has 0 radical (unpaired) electrons. The van der Waals surface area contributed by atoms with Gasteiger partial charge in [0, 0.05) is 37.3 Å². The monoisotopic (exact) mass is 681 g/mol. The van der Waals surface area contributed by atoms with Crippen LogP contribution in [0.3, 0.4) is 0 Å². The number of halogens is 4. The number of nitrogens with one attached hydrogen (secondary N) is 2. The van der Waals surface area contributed by atoms with Crippen LogP contribution in [0.5, 0.6) is 0 Å². The number of hydrogen-bond acceptors (Lipinski definition) is 7. The van der Waals surface area contributed by atoms with Crippen LogP contribution in [0, 0.1) is 17.3 Å². The van der Waals surface area contributed by atoms with Crippen LogP contribution < -0.4 is 10.6 Å². The molecule has 1 aromatic carbocycles. The number of alkyl halides is 3. The van der Waals surface area contributed by atoms with Crippen molar-refractivity contribution in [3.05, 3.63) is 65.7 Å². The van der Waals surface area contributed by atoms with E-state index in [1.54, 1.807) is 23.1 Å². The maximum atomic E-state index is 15.0. The fraction of sp³-hybridized carbons (Fsp3) is 0.441. The van der Waals surface area contributed by atoms with E-state index in [-0.39, 0.29) is 36.4 Å². The highest BCUT2D eigenvalue weighted by molar-refractivity contribution is 6.90. The zero-order chi connectivity index (χ0) is 35.0. The van der Waals surface area contributed by atoms with Crippen molar-refractivity contribution in [1.29, 1.82) is 0 Å². The van der Waals surface area contributed by atoms with Crippen molar-refractivity contribution in [3.63, 3.8) is 0 Å². The number of carbonyl (C=O) groups is 1. The molecule has 1 aliphatic rings. The van der Waals surface area contributed by atoms with Crippen molar-refractivity contribution in [3.8, 4) is 22.6 Å². The van der Waals surface area contributed by atoms with E-state index in [0.29, 0.717) is 45.1 Å². The second-order valence-corrected chi connectivity index (χ2v) is 18.9. The third kappa shape index (κ3) is 6.87. The minimum Gasteiger partial charge on any atom is -0.358 e. The Hall–Kier alpha value is -4.51. The van der Waals surface area contributed by atoms with Gasteiger partial charge in [0.25, 0.3) is 0 Å². The summed E-state index contributed by atoms with van der Waals surface area (Å²) < 4.78 is 61.6. The van der Waals surface area contributed by atoms with Gasteiger partial charge in [-0.1, -0.05) is 58.8 Å². The first-order chi connectivity index (χ1) is 22.6. The molecule has 0 aliphatic heterocycles. The number of amides is 1. The van der Waals surface area contributed by atoms with Gasteiger partial charge in [0.15, 0.2) is 17.3 Å². The summed E-state index contributed by atoms with van der Waals surface area (Å²) in [5, 5.41) is 13.7. The van der Waals surface area contributed by atoms with Gasteiger partial charge < -0.3 is 15.2 Å². The third-order valence-corrected chi connectivity index (χ3v) is 15.6. The molecule has 0 spiro atoms. The van der Waals surface area contributed by atoms with Gasteiger partial charge in [-0.2, -0.15) is 18.3 Å². The number of rotatable bonds is 10. The molecule has 0 atom stereocenters. The van der Waals surface area contributed by atoms with Crippen molar-refractivity contribution in [1.82, 2.24) is 24.9 Å². The maximum Gasteiger partial charge on any atom is 0.401 e. The van der Waals surface area contributed by atoms with Gasteiger partial charge in [0.2, 0.25) is 11.9 Å². The quantitative estimate of drug-likeness (QED) is 0.0989. The molecule has 254 valence electrons. The first kappa shape index (κ1) is 34.8. The molecular formula is C34H39F4N7O2Si. The van der Waals surface area contributed by atoms with Gasteiger partial charge in [0.05, 0.1) is 12.1 Å². The van der Waals surface area contributed by atoms with Crippen LogP contribution >= 0.6 is 0 Å². The van der Waals surface area contributed by atoms with E-state index in [2.05, 4.69) is 83.9 Å². The number of anilines is 3. The summed E-state index contributed by atoms with van der Waals surface area (Å²) in [6, 6.07) is 5.43. The smallest absolute Gasteiger partial charge is 0.358 e. The molecule has 5 rings (SSSR count). The van der Waals surface area contributed by atoms with Crippen molar-refractivity contribution in [2.45, 2.75) is 89.0 Å². The standard InChI is InChI=1S/C34H39F4N7O2Si/c1-20(2)48(21(3)4,22(5)6)13-10-27-28(19-45(7)43-27)41-32-39-17-25(18-40-32)23-8-9-24(26(35)14-23)15-31(46)42-30-16-29(47-44-30)33(11-12-33)34(36,37)38/h8-9,14,16-22H,11-12,15H2,1-7H3,(H,39,40,41)(H,42,44,46). The summed E-state index contributed by atoms with van der Waals surface area (Å²) in [7, 11) is -0.144. The molecule has 1 fully saturated rings. The first-order valence-electron chi connectivity index (χ1n) is 15.8. The lowest BCUT2D eigenvalue weighted by molar-refractivity contribution is -0.165. The molecule has 4 aromatic rings. The Balaban J connectivity index is 1.25. The molecule has 0 unspecified atom stereocenters. The number of benzene rings is 1. The summed E-state index contributed by atoms with van der Waals surface area (Å²) >= 11 is 0. The Morgan fingerprint density at radius 2 is 1.69 bits per heavy atom. The summed E-state index contributed by atoms with van der Waals surface area (Å²) in [4.78, 5) is 21.3. The summed E-state index contributed by atoms with van der Waals surface area (Å²) in [5.74, 6) is 1.90. The minimum atomic E-state index is -4.47. The number of nitrogens with zero attached hydrogens (tertiary/aromatic N) is 5. The van der Waals surface area contributed by atoms with Crippen molar-refractivity contribution >= 4 is 31.4 Å². The average molecular weight is 682 g/mol. The SMILES string of the molecule is CC(C)[Si](C#Cc1nn(C)cc1Nc1ncc(-c2ccc(CC(=O)Nc3cc(C4(C(F)(F)F)CC4)on3)c(F)c2)cn1)(C(C)C)C(C)C. The number of hydrogen-bond donors (Lipinski definition) is 2. The highest BCUT2D eigenvalue weighted by atomic mass is 28.3. The van der Waals surface area contributed by atoms with Gasteiger partial charge in [-0.25, -0.2) is 14.4 Å². The van der Waals surface area contributed by atoms with Crippen LogP contribution in [0.4, 0.5) is 35.0 Å². The van der Waals surface area contributed by atoms with Gasteiger partial charge in [-0.15, -0.1) is 5.54 Å². The molecule has 1 amide bonds. The molecule has 0 saturated heterocycles. The largest absolute Gasteiger partial charge is 0.401 e. The predicted molar refractivity (Wildman–Crippen MR) is 178 cm³/mol. The summed E-state index contributed by atoms with van der Waals surface area (Å²) in [6.07, 6.45) is -0.0874. The Morgan fingerprint density at radius 3 is 2.25 bits per heavy atom. The zero-order valence-corrected chi connectivity index (χ0v) is 29.0. The van der Waals surface area contributed by atoms with E-state index >= 15 is 4.39 Å². The van der Waals surface area contributed by atoms with Crippen LogP contribution in [0.2, 0.25) is 16.6 Å². The molecule has 3 heterocycles. The van der Waals surface area contributed by atoms with E-state index in [1.807, 2.05) is 13.2 Å². The van der Waals surface area contributed by atoms with Crippen LogP contribution in [0.1, 0.15) is 71.4 Å². The van der Waals surface area contributed by atoms with E-state index in [0.717, 1.165) is 6.07 Å². The highest BCUT2D eigenvalue weighted by Crippen LogP contribution is 2.59. The molecule has 14 heteroatoms. The highest BCUT2D eigenvalue weighted by Gasteiger charge is 2.67. The Labute approximate surface area is 277 Å². The van der Waals surface area contributed by atoms with E-state index in [4.69, 9.17) is 4.52 Å². The fourth-order valence-corrected chi connectivity index (χ4v) is 11.7. The van der Waals surface area contributed by atoms with Crippen molar-refractivity contribution in [2.75, 3.05) is 10.6 Å². The van der Waals surface area contributed by atoms with Gasteiger partial charge in [0.1, 0.15) is 19.3 Å². The first-order valence-corrected chi connectivity index (χ1v) is 18.1. The number of aryl methyl sites for hydroxylation is 1. The Bertz CT molecular complexity index is 1830. The minimum absolute atomic E-state index is 0.0952. The number of carbonyl (C=O) groups excluding carboxylic acids is 1. The third-order valence-electron chi connectivity index (χ3n) is 9.27. The van der Waals surface area contributed by atoms with Crippen LogP contribution in [0.25, 0.3) is 11.1 Å². The lowest BCUT2D eigenvalue weighted by atomic mass is 10.0. The average Bonchev–Trinajstić information content (AvgIpc) is 3.59. The lowest BCUT2D eigenvalue weighted by Gasteiger charge is -2.38. The van der Waals surface area contributed by atoms with Crippen LogP contribution in [-0.4, -0.2) is 45.1 Å². The molecule has 48 heavy (non-hydrogen) atoms. The molecule has 0 bridgehead atoms. The van der Waals surface area contributed by atoms with Crippen molar-refractivity contribution < 1.29 is 26.9 Å². The summed E-state index contributed by atoms with van der Waals surface area (Å²) in [6.45, 7) is 13.6. The molecule has 2 N–H and O–H groups in total. The Morgan fingerprint density at radius 1 is 1.04 bits per heavy atom. The fourth-order valence-electron chi connectivity index (χ4n) is 6.52.